The lowest BCUT2D eigenvalue weighted by Gasteiger charge is -2.20. The molecule has 140 valence electrons. The summed E-state index contributed by atoms with van der Waals surface area (Å²) in [5, 5.41) is 7.47. The first-order valence-corrected chi connectivity index (χ1v) is 9.59. The lowest BCUT2D eigenvalue weighted by molar-refractivity contribution is -0.118. The van der Waals surface area contributed by atoms with Gasteiger partial charge in [0.25, 0.3) is 5.91 Å². The van der Waals surface area contributed by atoms with Crippen LogP contribution in [-0.4, -0.2) is 25.2 Å². The van der Waals surface area contributed by atoms with Crippen molar-refractivity contribution in [3.8, 4) is 0 Å². The summed E-state index contributed by atoms with van der Waals surface area (Å²) >= 11 is 0. The molecule has 0 spiro atoms. The molecule has 6 nitrogen and oxygen atoms in total. The monoisotopic (exact) mass is 371 g/mol. The first kappa shape index (κ1) is 16.7. The van der Waals surface area contributed by atoms with Crippen LogP contribution >= 0.6 is 0 Å². The van der Waals surface area contributed by atoms with Crippen LogP contribution in [0.4, 0.5) is 5.82 Å². The fourth-order valence-electron chi connectivity index (χ4n) is 3.58. The van der Waals surface area contributed by atoms with E-state index in [1.807, 2.05) is 69.9 Å². The highest BCUT2D eigenvalue weighted by Crippen LogP contribution is 2.31. The van der Waals surface area contributed by atoms with Gasteiger partial charge in [-0.25, -0.2) is 9.67 Å². The maximum Gasteiger partial charge on any atom is 0.253 e. The summed E-state index contributed by atoms with van der Waals surface area (Å²) in [6.07, 6.45) is 5.95. The Hall–Kier alpha value is -3.41. The van der Waals surface area contributed by atoms with Crippen molar-refractivity contribution in [2.45, 2.75) is 25.4 Å². The van der Waals surface area contributed by atoms with Crippen LogP contribution in [0.1, 0.15) is 24.4 Å². The van der Waals surface area contributed by atoms with Crippen LogP contribution in [0.2, 0.25) is 0 Å². The fourth-order valence-corrected chi connectivity index (χ4v) is 3.58. The van der Waals surface area contributed by atoms with Gasteiger partial charge >= 0.3 is 0 Å². The van der Waals surface area contributed by atoms with E-state index in [4.69, 9.17) is 0 Å². The van der Waals surface area contributed by atoms with Crippen molar-refractivity contribution in [1.29, 1.82) is 0 Å². The van der Waals surface area contributed by atoms with E-state index < -0.39 is 6.04 Å². The highest BCUT2D eigenvalue weighted by Gasteiger charge is 2.27. The van der Waals surface area contributed by atoms with Gasteiger partial charge in [0.1, 0.15) is 11.9 Å². The molecule has 1 unspecified atom stereocenters. The molecule has 2 aromatic carbocycles. The second-order valence-corrected chi connectivity index (χ2v) is 7.28. The zero-order chi connectivity index (χ0) is 18.9. The van der Waals surface area contributed by atoms with Gasteiger partial charge in [0.05, 0.1) is 23.6 Å². The molecule has 1 aliphatic carbocycles. The predicted molar refractivity (Wildman–Crippen MR) is 108 cm³/mol. The number of benzene rings is 2. The number of anilines is 1. The number of nitrogens with one attached hydrogen (secondary N) is 1. The molecule has 1 N–H and O–H groups in total. The van der Waals surface area contributed by atoms with Crippen LogP contribution in [0.3, 0.4) is 0 Å². The van der Waals surface area contributed by atoms with Crippen molar-refractivity contribution in [2.24, 2.45) is 5.92 Å². The molecule has 2 heterocycles. The number of rotatable bonds is 6. The molecule has 0 bridgehead atoms. The number of carbonyl (C=O) groups is 1. The normalized spacial score (nSPS) is 14.9. The van der Waals surface area contributed by atoms with Gasteiger partial charge in [-0.05, 0) is 36.5 Å². The molecule has 0 aliphatic heterocycles. The van der Waals surface area contributed by atoms with E-state index in [9.17, 15) is 4.79 Å². The van der Waals surface area contributed by atoms with Crippen molar-refractivity contribution in [1.82, 2.24) is 19.3 Å². The summed E-state index contributed by atoms with van der Waals surface area (Å²) in [5.74, 6) is 1.31. The van der Waals surface area contributed by atoms with Crippen molar-refractivity contribution < 1.29 is 4.79 Å². The molecule has 0 radical (unpaired) electrons. The topological polar surface area (TPSA) is 64.7 Å². The Morgan fingerprint density at radius 1 is 1.07 bits per heavy atom. The number of imidazole rings is 1. The number of carbonyl (C=O) groups excluding carboxylic acids is 1. The maximum absolute atomic E-state index is 13.4. The lowest BCUT2D eigenvalue weighted by Crippen LogP contribution is -2.28. The van der Waals surface area contributed by atoms with Crippen LogP contribution in [0.5, 0.6) is 0 Å². The van der Waals surface area contributed by atoms with Crippen LogP contribution in [0, 0.1) is 5.92 Å². The van der Waals surface area contributed by atoms with Gasteiger partial charge in [-0.15, -0.1) is 0 Å². The molecule has 1 atom stereocenters. The van der Waals surface area contributed by atoms with E-state index >= 15 is 0 Å². The van der Waals surface area contributed by atoms with Crippen LogP contribution < -0.4 is 5.32 Å². The first-order chi connectivity index (χ1) is 13.8. The second-order valence-electron chi connectivity index (χ2n) is 7.28. The average molecular weight is 371 g/mol. The fraction of sp³-hybridized carbons (Fsp3) is 0.227. The van der Waals surface area contributed by atoms with Gasteiger partial charge in [-0.1, -0.05) is 42.5 Å². The summed E-state index contributed by atoms with van der Waals surface area (Å²) in [4.78, 5) is 17.9. The van der Waals surface area contributed by atoms with Crippen LogP contribution in [0.15, 0.2) is 73.2 Å². The number of nitrogens with zero attached hydrogens (tertiary/aromatic N) is 4. The van der Waals surface area contributed by atoms with E-state index in [0.717, 1.165) is 29.0 Å². The third-order valence-corrected chi connectivity index (χ3v) is 5.22. The molecule has 1 aliphatic rings. The minimum Gasteiger partial charge on any atom is -0.314 e. The average Bonchev–Trinajstić information content (AvgIpc) is 3.29. The smallest absolute Gasteiger partial charge is 0.253 e. The molecule has 1 amide bonds. The third kappa shape index (κ3) is 3.17. The largest absolute Gasteiger partial charge is 0.314 e. The van der Waals surface area contributed by atoms with Crippen molar-refractivity contribution in [3.63, 3.8) is 0 Å². The summed E-state index contributed by atoms with van der Waals surface area (Å²) < 4.78 is 3.82. The Morgan fingerprint density at radius 2 is 1.86 bits per heavy atom. The number of aromatic nitrogens is 4. The Kier molecular flexibility index (Phi) is 4.16. The van der Waals surface area contributed by atoms with Crippen molar-refractivity contribution >= 4 is 22.8 Å². The Morgan fingerprint density at radius 3 is 2.68 bits per heavy atom. The molecule has 6 heteroatoms. The standard InChI is InChI=1S/C22H21N5O/c28-22(25-20-12-13-24-27(20)14-16-10-11-16)21(17-6-2-1-3-7-17)26-15-23-18-8-4-5-9-19(18)26/h1-9,12-13,15-16,21H,10-11,14H2,(H,25,28). The molecular weight excluding hydrogens is 350 g/mol. The highest BCUT2D eigenvalue weighted by molar-refractivity contribution is 5.96. The lowest BCUT2D eigenvalue weighted by atomic mass is 10.1. The van der Waals surface area contributed by atoms with Gasteiger partial charge in [-0.3, -0.25) is 4.79 Å². The molecule has 4 aromatic rings. The molecule has 1 fully saturated rings. The van der Waals surface area contributed by atoms with E-state index in [-0.39, 0.29) is 5.91 Å². The van der Waals surface area contributed by atoms with E-state index in [1.165, 1.54) is 12.8 Å². The second kappa shape index (κ2) is 6.96. The van der Waals surface area contributed by atoms with Crippen LogP contribution in [-0.2, 0) is 11.3 Å². The van der Waals surface area contributed by atoms with Gasteiger partial charge in [0.2, 0.25) is 0 Å². The first-order valence-electron chi connectivity index (χ1n) is 9.59. The minimum atomic E-state index is -0.516. The molecule has 5 rings (SSSR count). The van der Waals surface area contributed by atoms with Gasteiger partial charge < -0.3 is 9.88 Å². The summed E-state index contributed by atoms with van der Waals surface area (Å²) in [5.41, 5.74) is 2.71. The molecule has 2 aromatic heterocycles. The van der Waals surface area contributed by atoms with Gasteiger partial charge in [-0.2, -0.15) is 5.10 Å². The van der Waals surface area contributed by atoms with Gasteiger partial charge in [0.15, 0.2) is 0 Å². The number of amides is 1. The van der Waals surface area contributed by atoms with Crippen LogP contribution in [0.25, 0.3) is 11.0 Å². The van der Waals surface area contributed by atoms with Crippen molar-refractivity contribution in [3.05, 3.63) is 78.8 Å². The Bertz CT molecular complexity index is 1110. The summed E-state index contributed by atoms with van der Waals surface area (Å²) in [7, 11) is 0. The molecule has 28 heavy (non-hydrogen) atoms. The molecule has 0 saturated heterocycles. The van der Waals surface area contributed by atoms with E-state index in [1.54, 1.807) is 12.5 Å². The summed E-state index contributed by atoms with van der Waals surface area (Å²) in [6.45, 7) is 0.854. The highest BCUT2D eigenvalue weighted by atomic mass is 16.2. The zero-order valence-corrected chi connectivity index (χ0v) is 15.4. The summed E-state index contributed by atoms with van der Waals surface area (Å²) in [6, 6.07) is 19.0. The number of para-hydroxylation sites is 2. The third-order valence-electron chi connectivity index (χ3n) is 5.22. The molecular formula is C22H21N5O. The zero-order valence-electron chi connectivity index (χ0n) is 15.4. The minimum absolute atomic E-state index is 0.105. The number of hydrogen-bond donors (Lipinski definition) is 1. The SMILES string of the molecule is O=C(Nc1ccnn1CC1CC1)C(c1ccccc1)n1cnc2ccccc21. The quantitative estimate of drug-likeness (QED) is 0.560. The van der Waals surface area contributed by atoms with Gasteiger partial charge in [0, 0.05) is 12.6 Å². The van der Waals surface area contributed by atoms with E-state index in [0.29, 0.717) is 5.92 Å². The van der Waals surface area contributed by atoms with E-state index in [2.05, 4.69) is 15.4 Å². The Balaban J connectivity index is 1.51. The number of fused-ring (bicyclic) bond motifs is 1. The van der Waals surface area contributed by atoms with Crippen molar-refractivity contribution in [2.75, 3.05) is 5.32 Å². The Labute approximate surface area is 162 Å². The maximum atomic E-state index is 13.4. The predicted octanol–water partition coefficient (Wildman–Crippen LogP) is 3.87. The number of hydrogen-bond acceptors (Lipinski definition) is 3. The molecule has 1 saturated carbocycles.